The van der Waals surface area contributed by atoms with Gasteiger partial charge < -0.3 is 18.8 Å². The molecule has 0 spiro atoms. The first kappa shape index (κ1) is 16.4. The quantitative estimate of drug-likeness (QED) is 0.528. The number of rotatable bonds is 9. The van der Waals surface area contributed by atoms with E-state index in [0.29, 0.717) is 13.2 Å². The van der Waals surface area contributed by atoms with Crippen LogP contribution in [-0.2, 0) is 20.8 Å². The van der Waals surface area contributed by atoms with Gasteiger partial charge in [-0.05, 0) is 30.7 Å². The molecule has 1 aromatic heterocycles. The molecule has 2 rings (SSSR count). The lowest BCUT2D eigenvalue weighted by Gasteiger charge is -2.08. The summed E-state index contributed by atoms with van der Waals surface area (Å²) in [6.45, 7) is 3.79. The minimum Gasteiger partial charge on any atom is -0.497 e. The molecule has 0 radical (unpaired) electrons. The highest BCUT2D eigenvalue weighted by Gasteiger charge is 2.08. The topological polar surface area (TPSA) is 49.7 Å². The van der Waals surface area contributed by atoms with E-state index in [-0.39, 0.29) is 12.5 Å². The molecule has 2 aromatic rings. The number of fused-ring (bicyclic) bond motifs is 1. The van der Waals surface area contributed by atoms with Crippen molar-refractivity contribution in [1.29, 1.82) is 0 Å². The number of methoxy groups -OCH3 is 1. The molecule has 0 N–H and O–H groups in total. The summed E-state index contributed by atoms with van der Waals surface area (Å²) in [5, 5.41) is 1.04. The molecule has 0 atom stereocenters. The van der Waals surface area contributed by atoms with Gasteiger partial charge in [0.15, 0.2) is 0 Å². The molecule has 0 aliphatic carbocycles. The van der Waals surface area contributed by atoms with Gasteiger partial charge in [0.25, 0.3) is 0 Å². The second-order valence-corrected chi connectivity index (χ2v) is 5.05. The molecule has 0 amide bonds. The number of nitrogens with zero attached hydrogens (tertiary/aromatic N) is 1. The summed E-state index contributed by atoms with van der Waals surface area (Å²) in [5.74, 6) is 0.546. The average Bonchev–Trinajstić information content (AvgIpc) is 2.92. The molecule has 120 valence electrons. The van der Waals surface area contributed by atoms with Crippen molar-refractivity contribution < 1.29 is 19.0 Å². The molecule has 0 unspecified atom stereocenters. The van der Waals surface area contributed by atoms with Crippen LogP contribution in [0.1, 0.15) is 19.8 Å². The summed E-state index contributed by atoms with van der Waals surface area (Å²) < 4.78 is 17.6. The molecule has 22 heavy (non-hydrogen) atoms. The van der Waals surface area contributed by atoms with Crippen molar-refractivity contribution in [3.8, 4) is 5.75 Å². The number of aromatic nitrogens is 1. The first-order valence-corrected chi connectivity index (χ1v) is 7.61. The Morgan fingerprint density at radius 1 is 1.18 bits per heavy atom. The first-order chi connectivity index (χ1) is 10.7. The predicted octanol–water partition coefficient (Wildman–Crippen LogP) is 3.01. The van der Waals surface area contributed by atoms with Gasteiger partial charge in [0.1, 0.15) is 18.9 Å². The van der Waals surface area contributed by atoms with Crippen LogP contribution in [0.25, 0.3) is 10.9 Å². The zero-order valence-electron chi connectivity index (χ0n) is 13.2. The molecule has 5 heteroatoms. The van der Waals surface area contributed by atoms with Crippen LogP contribution in [0.3, 0.4) is 0 Å². The van der Waals surface area contributed by atoms with Crippen LogP contribution in [0.4, 0.5) is 0 Å². The third-order valence-electron chi connectivity index (χ3n) is 3.41. The summed E-state index contributed by atoms with van der Waals surface area (Å²) in [7, 11) is 1.64. The smallest absolute Gasteiger partial charge is 0.326 e. The molecule has 1 aromatic carbocycles. The number of unbranched alkanes of at least 4 members (excludes halogenated alkanes) is 1. The maximum Gasteiger partial charge on any atom is 0.326 e. The minimum atomic E-state index is -0.257. The van der Waals surface area contributed by atoms with E-state index in [1.54, 1.807) is 7.11 Å². The Morgan fingerprint density at radius 2 is 2.05 bits per heavy atom. The number of carbonyl (C=O) groups is 1. The van der Waals surface area contributed by atoms with Gasteiger partial charge in [-0.1, -0.05) is 13.3 Å². The Balaban J connectivity index is 1.82. The van der Waals surface area contributed by atoms with Crippen LogP contribution in [0.15, 0.2) is 30.5 Å². The fourth-order valence-corrected chi connectivity index (χ4v) is 2.19. The molecular weight excluding hydrogens is 282 g/mol. The van der Waals surface area contributed by atoms with Gasteiger partial charge in [0.05, 0.1) is 13.7 Å². The van der Waals surface area contributed by atoms with E-state index in [4.69, 9.17) is 14.2 Å². The van der Waals surface area contributed by atoms with Gasteiger partial charge in [-0.15, -0.1) is 0 Å². The monoisotopic (exact) mass is 305 g/mol. The number of esters is 1. The standard InChI is InChI=1S/C17H23NO4/c1-3-4-9-21-10-11-22-17(19)13-18-8-7-14-12-15(20-2)5-6-16(14)18/h5-8,12H,3-4,9-11,13H2,1-2H3. The summed E-state index contributed by atoms with van der Waals surface area (Å²) in [6, 6.07) is 7.72. The highest BCUT2D eigenvalue weighted by molar-refractivity contribution is 5.83. The molecule has 0 saturated heterocycles. The molecule has 0 aliphatic rings. The fourth-order valence-electron chi connectivity index (χ4n) is 2.19. The molecule has 0 bridgehead atoms. The average molecular weight is 305 g/mol. The molecule has 1 heterocycles. The van der Waals surface area contributed by atoms with Gasteiger partial charge in [-0.25, -0.2) is 0 Å². The number of hydrogen-bond acceptors (Lipinski definition) is 4. The number of hydrogen-bond donors (Lipinski definition) is 0. The van der Waals surface area contributed by atoms with Gasteiger partial charge in [0, 0.05) is 23.7 Å². The van der Waals surface area contributed by atoms with Crippen molar-refractivity contribution in [3.63, 3.8) is 0 Å². The third-order valence-corrected chi connectivity index (χ3v) is 3.41. The maximum absolute atomic E-state index is 11.8. The Morgan fingerprint density at radius 3 is 2.82 bits per heavy atom. The van der Waals surface area contributed by atoms with Crippen molar-refractivity contribution >= 4 is 16.9 Å². The van der Waals surface area contributed by atoms with Crippen molar-refractivity contribution in [2.75, 3.05) is 26.9 Å². The van der Waals surface area contributed by atoms with E-state index in [2.05, 4.69) is 6.92 Å². The molecule has 5 nitrogen and oxygen atoms in total. The molecule has 0 fully saturated rings. The molecule has 0 aliphatic heterocycles. The van der Waals surface area contributed by atoms with Crippen molar-refractivity contribution in [3.05, 3.63) is 30.5 Å². The van der Waals surface area contributed by atoms with E-state index in [1.165, 1.54) is 0 Å². The zero-order valence-corrected chi connectivity index (χ0v) is 13.2. The number of ether oxygens (including phenoxy) is 3. The van der Waals surface area contributed by atoms with Crippen molar-refractivity contribution in [1.82, 2.24) is 4.57 Å². The SMILES string of the molecule is CCCCOCCOC(=O)Cn1ccc2cc(OC)ccc21. The predicted molar refractivity (Wildman–Crippen MR) is 85.2 cm³/mol. The highest BCUT2D eigenvalue weighted by Crippen LogP contribution is 2.21. The second kappa shape index (κ2) is 8.44. The van der Waals surface area contributed by atoms with E-state index < -0.39 is 0 Å². The van der Waals surface area contributed by atoms with Crippen LogP contribution in [0.2, 0.25) is 0 Å². The third kappa shape index (κ3) is 4.49. The van der Waals surface area contributed by atoms with E-state index in [9.17, 15) is 4.79 Å². The Kier molecular flexibility index (Phi) is 6.27. The zero-order chi connectivity index (χ0) is 15.8. The maximum atomic E-state index is 11.8. The molecule has 0 saturated carbocycles. The Hall–Kier alpha value is -2.01. The number of benzene rings is 1. The van der Waals surface area contributed by atoms with Crippen LogP contribution >= 0.6 is 0 Å². The minimum absolute atomic E-state index is 0.199. The van der Waals surface area contributed by atoms with Crippen molar-refractivity contribution in [2.24, 2.45) is 0 Å². The first-order valence-electron chi connectivity index (χ1n) is 7.61. The molecular formula is C17H23NO4. The van der Waals surface area contributed by atoms with E-state index >= 15 is 0 Å². The summed E-state index contributed by atoms with van der Waals surface area (Å²) >= 11 is 0. The summed E-state index contributed by atoms with van der Waals surface area (Å²) in [6.07, 6.45) is 4.02. The van der Waals surface area contributed by atoms with Crippen LogP contribution in [0.5, 0.6) is 5.75 Å². The fraction of sp³-hybridized carbons (Fsp3) is 0.471. The van der Waals surface area contributed by atoms with Crippen LogP contribution in [-0.4, -0.2) is 37.5 Å². The van der Waals surface area contributed by atoms with Crippen LogP contribution in [0, 0.1) is 0 Å². The van der Waals surface area contributed by atoms with E-state index in [1.807, 2.05) is 35.0 Å². The largest absolute Gasteiger partial charge is 0.497 e. The van der Waals surface area contributed by atoms with Gasteiger partial charge in [0.2, 0.25) is 0 Å². The lowest BCUT2D eigenvalue weighted by Crippen LogP contribution is -2.16. The lowest BCUT2D eigenvalue weighted by molar-refractivity contribution is -0.145. The summed E-state index contributed by atoms with van der Waals surface area (Å²) in [4.78, 5) is 11.8. The second-order valence-electron chi connectivity index (χ2n) is 5.05. The van der Waals surface area contributed by atoms with Gasteiger partial charge in [-0.3, -0.25) is 4.79 Å². The Labute approximate surface area is 130 Å². The van der Waals surface area contributed by atoms with Gasteiger partial charge >= 0.3 is 5.97 Å². The Bertz CT molecular complexity index is 606. The highest BCUT2D eigenvalue weighted by atomic mass is 16.6. The lowest BCUT2D eigenvalue weighted by atomic mass is 10.2. The normalized spacial score (nSPS) is 10.8. The summed E-state index contributed by atoms with van der Waals surface area (Å²) in [5.41, 5.74) is 0.983. The van der Waals surface area contributed by atoms with Gasteiger partial charge in [-0.2, -0.15) is 0 Å². The van der Waals surface area contributed by atoms with Crippen molar-refractivity contribution in [2.45, 2.75) is 26.3 Å². The number of carbonyl (C=O) groups excluding carboxylic acids is 1. The van der Waals surface area contributed by atoms with Crippen LogP contribution < -0.4 is 4.74 Å². The van der Waals surface area contributed by atoms with E-state index in [0.717, 1.165) is 36.1 Å².